The minimum atomic E-state index is 0.0618. The summed E-state index contributed by atoms with van der Waals surface area (Å²) in [7, 11) is 0. The fourth-order valence-corrected chi connectivity index (χ4v) is 2.92. The number of carbonyl (C=O) groups is 1. The van der Waals surface area contributed by atoms with Gasteiger partial charge in [0, 0.05) is 12.1 Å². The van der Waals surface area contributed by atoms with E-state index in [-0.39, 0.29) is 23.9 Å². The molecule has 0 heterocycles. The van der Waals surface area contributed by atoms with Gasteiger partial charge in [0.05, 0.1) is 18.5 Å². The maximum Gasteiger partial charge on any atom is 0.234 e. The van der Waals surface area contributed by atoms with Gasteiger partial charge < -0.3 is 5.32 Å². The Hall–Kier alpha value is -1.08. The third kappa shape index (κ3) is 4.83. The molecule has 1 rings (SSSR count). The van der Waals surface area contributed by atoms with E-state index in [0.717, 1.165) is 25.8 Å². The van der Waals surface area contributed by atoms with Crippen molar-refractivity contribution in [2.45, 2.75) is 59.0 Å². The molecule has 0 saturated heterocycles. The summed E-state index contributed by atoms with van der Waals surface area (Å²) in [4.78, 5) is 14.1. The van der Waals surface area contributed by atoms with E-state index in [9.17, 15) is 10.1 Å². The molecule has 1 aliphatic carbocycles. The number of carbonyl (C=O) groups excluding carboxylic acids is 1. The summed E-state index contributed by atoms with van der Waals surface area (Å²) in [6, 6.07) is 2.83. The van der Waals surface area contributed by atoms with Crippen LogP contribution in [0.5, 0.6) is 0 Å². The van der Waals surface area contributed by atoms with Crippen molar-refractivity contribution in [3.63, 3.8) is 0 Å². The number of nitrogens with zero attached hydrogens (tertiary/aromatic N) is 2. The van der Waals surface area contributed by atoms with E-state index in [1.807, 2.05) is 13.8 Å². The lowest BCUT2D eigenvalue weighted by Crippen LogP contribution is -2.48. The van der Waals surface area contributed by atoms with Crippen LogP contribution in [-0.2, 0) is 4.79 Å². The first-order valence-electron chi connectivity index (χ1n) is 7.40. The number of amides is 1. The fraction of sp³-hybridized carbons (Fsp3) is 0.867. The second-order valence-corrected chi connectivity index (χ2v) is 6.01. The Morgan fingerprint density at radius 1 is 1.47 bits per heavy atom. The Balaban J connectivity index is 2.66. The van der Waals surface area contributed by atoms with Crippen LogP contribution in [-0.4, -0.2) is 36.0 Å². The first-order chi connectivity index (χ1) is 8.97. The molecule has 0 aromatic rings. The van der Waals surface area contributed by atoms with Crippen LogP contribution >= 0.6 is 0 Å². The van der Waals surface area contributed by atoms with Crippen LogP contribution in [0.3, 0.4) is 0 Å². The van der Waals surface area contributed by atoms with Gasteiger partial charge in [-0.2, -0.15) is 5.26 Å². The zero-order valence-corrected chi connectivity index (χ0v) is 12.6. The smallest absolute Gasteiger partial charge is 0.234 e. The molecule has 1 saturated carbocycles. The van der Waals surface area contributed by atoms with Crippen molar-refractivity contribution in [3.05, 3.63) is 0 Å². The maximum absolute atomic E-state index is 11.9. The second kappa shape index (κ2) is 7.49. The van der Waals surface area contributed by atoms with Gasteiger partial charge in [0.2, 0.25) is 5.91 Å². The summed E-state index contributed by atoms with van der Waals surface area (Å²) in [6.07, 6.45) is 3.12. The van der Waals surface area contributed by atoms with Crippen LogP contribution < -0.4 is 5.32 Å². The Bertz CT molecular complexity index is 335. The van der Waals surface area contributed by atoms with Gasteiger partial charge in [-0.3, -0.25) is 9.69 Å². The lowest BCUT2D eigenvalue weighted by Gasteiger charge is -2.38. The summed E-state index contributed by atoms with van der Waals surface area (Å²) in [5.74, 6) is 0.784. The number of nitrogens with one attached hydrogen (secondary N) is 1. The van der Waals surface area contributed by atoms with Crippen molar-refractivity contribution in [1.82, 2.24) is 10.2 Å². The molecule has 0 spiro atoms. The van der Waals surface area contributed by atoms with E-state index in [1.165, 1.54) is 0 Å². The van der Waals surface area contributed by atoms with E-state index >= 15 is 0 Å². The van der Waals surface area contributed by atoms with Gasteiger partial charge in [-0.1, -0.05) is 13.8 Å². The number of rotatable bonds is 5. The zero-order chi connectivity index (χ0) is 14.4. The minimum absolute atomic E-state index is 0.0618. The molecule has 0 aliphatic heterocycles. The average molecular weight is 265 g/mol. The molecule has 4 nitrogen and oxygen atoms in total. The summed E-state index contributed by atoms with van der Waals surface area (Å²) in [5.41, 5.74) is 0. The normalized spacial score (nSPS) is 27.3. The predicted octanol–water partition coefficient (Wildman–Crippen LogP) is 2.16. The van der Waals surface area contributed by atoms with E-state index < -0.39 is 0 Å². The zero-order valence-electron chi connectivity index (χ0n) is 12.6. The quantitative estimate of drug-likeness (QED) is 0.828. The van der Waals surface area contributed by atoms with E-state index in [1.54, 1.807) is 0 Å². The van der Waals surface area contributed by atoms with Crippen LogP contribution in [0.1, 0.15) is 47.0 Å². The van der Waals surface area contributed by atoms with Gasteiger partial charge in [-0.25, -0.2) is 0 Å². The molecule has 3 unspecified atom stereocenters. The third-order valence-corrected chi connectivity index (χ3v) is 3.92. The summed E-state index contributed by atoms with van der Waals surface area (Å²) in [5, 5.41) is 12.2. The highest BCUT2D eigenvalue weighted by Crippen LogP contribution is 2.31. The van der Waals surface area contributed by atoms with Crippen molar-refractivity contribution in [2.75, 3.05) is 13.1 Å². The Morgan fingerprint density at radius 3 is 2.68 bits per heavy atom. The molecule has 0 aromatic heterocycles. The lowest BCUT2D eigenvalue weighted by atomic mass is 9.79. The van der Waals surface area contributed by atoms with Crippen molar-refractivity contribution in [1.29, 1.82) is 5.26 Å². The van der Waals surface area contributed by atoms with Crippen molar-refractivity contribution < 1.29 is 4.79 Å². The molecule has 19 heavy (non-hydrogen) atoms. The molecular formula is C15H27N3O. The molecule has 108 valence electrons. The van der Waals surface area contributed by atoms with Crippen molar-refractivity contribution >= 4 is 5.91 Å². The largest absolute Gasteiger partial charge is 0.353 e. The standard InChI is InChI=1S/C15H27N3O/c1-5-18(10-15(19)17-11(2)3)14-8-12(4)6-7-13(14)9-16/h11-14H,5-8,10H2,1-4H3,(H,17,19). The highest BCUT2D eigenvalue weighted by molar-refractivity contribution is 5.78. The van der Waals surface area contributed by atoms with Gasteiger partial charge >= 0.3 is 0 Å². The molecule has 4 heteroatoms. The Labute approximate surface area is 117 Å². The van der Waals surface area contributed by atoms with Crippen LogP contribution in [0, 0.1) is 23.2 Å². The van der Waals surface area contributed by atoms with Crippen LogP contribution in [0.25, 0.3) is 0 Å². The highest BCUT2D eigenvalue weighted by atomic mass is 16.2. The SMILES string of the molecule is CCN(CC(=O)NC(C)C)C1CC(C)CCC1C#N. The minimum Gasteiger partial charge on any atom is -0.353 e. The van der Waals surface area contributed by atoms with Gasteiger partial charge in [-0.15, -0.1) is 0 Å². The second-order valence-electron chi connectivity index (χ2n) is 6.01. The number of hydrogen-bond donors (Lipinski definition) is 1. The third-order valence-electron chi connectivity index (χ3n) is 3.92. The Kier molecular flexibility index (Phi) is 6.30. The molecule has 0 bridgehead atoms. The van der Waals surface area contributed by atoms with E-state index in [0.29, 0.717) is 12.5 Å². The first-order valence-corrected chi connectivity index (χ1v) is 7.40. The Morgan fingerprint density at radius 2 is 2.16 bits per heavy atom. The number of likely N-dealkylation sites (N-methyl/N-ethyl adjacent to an activating group) is 1. The molecule has 0 aromatic carbocycles. The maximum atomic E-state index is 11.9. The van der Waals surface area contributed by atoms with E-state index in [4.69, 9.17) is 0 Å². The van der Waals surface area contributed by atoms with Gasteiger partial charge in [-0.05, 0) is 45.6 Å². The molecule has 1 N–H and O–H groups in total. The molecule has 3 atom stereocenters. The molecular weight excluding hydrogens is 238 g/mol. The lowest BCUT2D eigenvalue weighted by molar-refractivity contribution is -0.123. The number of hydrogen-bond acceptors (Lipinski definition) is 3. The summed E-state index contributed by atoms with van der Waals surface area (Å²) < 4.78 is 0. The fourth-order valence-electron chi connectivity index (χ4n) is 2.92. The van der Waals surface area contributed by atoms with Crippen LogP contribution in [0.2, 0.25) is 0 Å². The highest BCUT2D eigenvalue weighted by Gasteiger charge is 2.33. The topological polar surface area (TPSA) is 56.1 Å². The molecule has 1 aliphatic rings. The average Bonchev–Trinajstić information content (AvgIpc) is 2.35. The van der Waals surface area contributed by atoms with Gasteiger partial charge in [0.15, 0.2) is 0 Å². The van der Waals surface area contributed by atoms with Crippen molar-refractivity contribution in [3.8, 4) is 6.07 Å². The van der Waals surface area contributed by atoms with E-state index in [2.05, 4.69) is 30.1 Å². The van der Waals surface area contributed by atoms with Crippen molar-refractivity contribution in [2.24, 2.45) is 11.8 Å². The molecule has 1 fully saturated rings. The van der Waals surface area contributed by atoms with Gasteiger partial charge in [0.1, 0.15) is 0 Å². The summed E-state index contributed by atoms with van der Waals surface area (Å²) in [6.45, 7) is 9.47. The molecule has 1 amide bonds. The summed E-state index contributed by atoms with van der Waals surface area (Å²) >= 11 is 0. The molecule has 0 radical (unpaired) electrons. The predicted molar refractivity (Wildman–Crippen MR) is 76.4 cm³/mol. The van der Waals surface area contributed by atoms with Crippen LogP contribution in [0.4, 0.5) is 0 Å². The monoisotopic (exact) mass is 265 g/mol. The first kappa shape index (κ1) is 16.0. The van der Waals surface area contributed by atoms with Crippen LogP contribution in [0.15, 0.2) is 0 Å². The number of nitriles is 1. The van der Waals surface area contributed by atoms with Gasteiger partial charge in [0.25, 0.3) is 0 Å².